The molecule has 0 saturated carbocycles. The first kappa shape index (κ1) is 15.6. The summed E-state index contributed by atoms with van der Waals surface area (Å²) >= 11 is 6.53. The molecule has 0 spiro atoms. The van der Waals surface area contributed by atoms with Gasteiger partial charge in [-0.25, -0.2) is 0 Å². The molecule has 0 N–H and O–H groups in total. The van der Waals surface area contributed by atoms with Crippen molar-refractivity contribution in [3.05, 3.63) is 35.6 Å². The highest BCUT2D eigenvalue weighted by Crippen LogP contribution is 2.50. The van der Waals surface area contributed by atoms with E-state index in [0.717, 1.165) is 29.6 Å². The van der Waals surface area contributed by atoms with Gasteiger partial charge in [0.15, 0.2) is 0 Å². The third-order valence-corrected chi connectivity index (χ3v) is 6.07. The van der Waals surface area contributed by atoms with Crippen molar-refractivity contribution in [2.24, 2.45) is 0 Å². The normalized spacial score (nSPS) is 29.0. The molecular formula is C18H22BClO3. The SMILES string of the molecule is CC1(C)OB(C2CCC(Cl)c3oc4ccccc4c32)OC1(C)C. The molecule has 1 aromatic heterocycles. The van der Waals surface area contributed by atoms with Gasteiger partial charge in [0.05, 0.1) is 16.6 Å². The molecule has 2 heterocycles. The van der Waals surface area contributed by atoms with Gasteiger partial charge in [0.2, 0.25) is 0 Å². The van der Waals surface area contributed by atoms with E-state index in [9.17, 15) is 0 Å². The van der Waals surface area contributed by atoms with Crippen molar-refractivity contribution in [1.29, 1.82) is 0 Å². The van der Waals surface area contributed by atoms with Crippen molar-refractivity contribution >= 4 is 29.7 Å². The molecule has 5 heteroatoms. The Balaban J connectivity index is 1.80. The summed E-state index contributed by atoms with van der Waals surface area (Å²) in [4.78, 5) is 0. The number of halogens is 1. The highest BCUT2D eigenvalue weighted by atomic mass is 35.5. The van der Waals surface area contributed by atoms with Crippen LogP contribution in [0.1, 0.15) is 63.1 Å². The lowest BCUT2D eigenvalue weighted by molar-refractivity contribution is 0.00578. The van der Waals surface area contributed by atoms with Crippen LogP contribution in [0.5, 0.6) is 0 Å². The molecule has 2 unspecified atom stereocenters. The fourth-order valence-corrected chi connectivity index (χ4v) is 3.91. The molecular weight excluding hydrogens is 310 g/mol. The first-order chi connectivity index (χ1) is 10.8. The van der Waals surface area contributed by atoms with E-state index in [4.69, 9.17) is 25.3 Å². The number of fused-ring (bicyclic) bond motifs is 3. The molecule has 1 aliphatic carbocycles. The highest BCUT2D eigenvalue weighted by molar-refractivity contribution is 6.48. The number of hydrogen-bond donors (Lipinski definition) is 0. The lowest BCUT2D eigenvalue weighted by Gasteiger charge is -2.32. The van der Waals surface area contributed by atoms with Gasteiger partial charge in [-0.2, -0.15) is 0 Å². The molecule has 1 fully saturated rings. The fraction of sp³-hybridized carbons (Fsp3) is 0.556. The molecule has 1 saturated heterocycles. The van der Waals surface area contributed by atoms with Crippen LogP contribution in [0, 0.1) is 0 Å². The van der Waals surface area contributed by atoms with Crippen LogP contribution in [0.2, 0.25) is 0 Å². The number of benzene rings is 1. The Morgan fingerprint density at radius 1 is 1.04 bits per heavy atom. The molecule has 122 valence electrons. The molecule has 4 rings (SSSR count). The van der Waals surface area contributed by atoms with Crippen LogP contribution in [0.25, 0.3) is 11.0 Å². The Bertz CT molecular complexity index is 736. The van der Waals surface area contributed by atoms with Crippen molar-refractivity contribution in [3.63, 3.8) is 0 Å². The van der Waals surface area contributed by atoms with Crippen LogP contribution < -0.4 is 0 Å². The Morgan fingerprint density at radius 2 is 1.70 bits per heavy atom. The third-order valence-electron chi connectivity index (χ3n) is 5.65. The van der Waals surface area contributed by atoms with Crippen LogP contribution in [0.15, 0.2) is 28.7 Å². The average Bonchev–Trinajstić information content (AvgIpc) is 2.96. The minimum Gasteiger partial charge on any atom is -0.459 e. The van der Waals surface area contributed by atoms with Crippen molar-refractivity contribution < 1.29 is 13.7 Å². The van der Waals surface area contributed by atoms with Gasteiger partial charge in [-0.05, 0) is 46.6 Å². The van der Waals surface area contributed by atoms with Gasteiger partial charge in [-0.15, -0.1) is 11.6 Å². The van der Waals surface area contributed by atoms with E-state index in [2.05, 4.69) is 33.8 Å². The zero-order valence-electron chi connectivity index (χ0n) is 14.1. The van der Waals surface area contributed by atoms with E-state index in [1.54, 1.807) is 0 Å². The van der Waals surface area contributed by atoms with E-state index in [1.807, 2.05) is 18.2 Å². The Morgan fingerprint density at radius 3 is 2.39 bits per heavy atom. The average molecular weight is 333 g/mol. The predicted octanol–water partition coefficient (Wildman–Crippen LogP) is 5.22. The maximum Gasteiger partial charge on any atom is 0.465 e. The monoisotopic (exact) mass is 332 g/mol. The topological polar surface area (TPSA) is 31.6 Å². The molecule has 0 bridgehead atoms. The summed E-state index contributed by atoms with van der Waals surface area (Å²) in [6.07, 6.45) is 1.82. The van der Waals surface area contributed by atoms with Gasteiger partial charge >= 0.3 is 7.12 Å². The van der Waals surface area contributed by atoms with Crippen molar-refractivity contribution in [2.45, 2.75) is 62.9 Å². The number of rotatable bonds is 1. The van der Waals surface area contributed by atoms with Gasteiger partial charge < -0.3 is 13.7 Å². The van der Waals surface area contributed by atoms with Gasteiger partial charge in [0.1, 0.15) is 11.3 Å². The van der Waals surface area contributed by atoms with Crippen LogP contribution in [0.4, 0.5) is 0 Å². The summed E-state index contributed by atoms with van der Waals surface area (Å²) in [7, 11) is -0.260. The summed E-state index contributed by atoms with van der Waals surface area (Å²) in [5, 5.41) is 1.06. The van der Waals surface area contributed by atoms with Crippen LogP contribution >= 0.6 is 11.6 Å². The summed E-state index contributed by atoms with van der Waals surface area (Å²) < 4.78 is 18.7. The highest BCUT2D eigenvalue weighted by Gasteiger charge is 2.55. The Hall–Kier alpha value is -0.965. The van der Waals surface area contributed by atoms with E-state index in [-0.39, 0.29) is 29.5 Å². The number of furan rings is 1. The molecule has 2 aromatic rings. The molecule has 0 radical (unpaired) electrons. The second-order valence-electron chi connectivity index (χ2n) is 7.65. The van der Waals surface area contributed by atoms with Gasteiger partial charge in [0.25, 0.3) is 0 Å². The second-order valence-corrected chi connectivity index (χ2v) is 8.18. The summed E-state index contributed by atoms with van der Waals surface area (Å²) in [5.74, 6) is 1.04. The lowest BCUT2D eigenvalue weighted by atomic mass is 9.62. The largest absolute Gasteiger partial charge is 0.465 e. The van der Waals surface area contributed by atoms with E-state index in [0.29, 0.717) is 0 Å². The molecule has 2 atom stereocenters. The summed E-state index contributed by atoms with van der Waals surface area (Å²) in [5.41, 5.74) is 1.42. The molecule has 1 aliphatic heterocycles. The maximum atomic E-state index is 6.53. The number of alkyl halides is 1. The van der Waals surface area contributed by atoms with Crippen LogP contribution in [-0.4, -0.2) is 18.3 Å². The quantitative estimate of drug-likeness (QED) is 0.530. The first-order valence-electron chi connectivity index (χ1n) is 8.31. The second kappa shape index (κ2) is 5.01. The van der Waals surface area contributed by atoms with E-state index < -0.39 is 0 Å². The molecule has 23 heavy (non-hydrogen) atoms. The van der Waals surface area contributed by atoms with E-state index >= 15 is 0 Å². The van der Waals surface area contributed by atoms with Gasteiger partial charge in [-0.1, -0.05) is 18.2 Å². The van der Waals surface area contributed by atoms with Gasteiger partial charge in [-0.3, -0.25) is 0 Å². The molecule has 0 amide bonds. The first-order valence-corrected chi connectivity index (χ1v) is 8.75. The van der Waals surface area contributed by atoms with Crippen LogP contribution in [0.3, 0.4) is 0 Å². The smallest absolute Gasteiger partial charge is 0.459 e. The van der Waals surface area contributed by atoms with Crippen molar-refractivity contribution in [3.8, 4) is 0 Å². The zero-order valence-corrected chi connectivity index (χ0v) is 14.8. The lowest BCUT2D eigenvalue weighted by Crippen LogP contribution is -2.41. The summed E-state index contributed by atoms with van der Waals surface area (Å²) in [6, 6.07) is 8.13. The van der Waals surface area contributed by atoms with Crippen molar-refractivity contribution in [2.75, 3.05) is 0 Å². The predicted molar refractivity (Wildman–Crippen MR) is 92.9 cm³/mol. The third kappa shape index (κ3) is 2.26. The molecule has 3 nitrogen and oxygen atoms in total. The minimum atomic E-state index is -0.324. The zero-order chi connectivity index (χ0) is 16.4. The maximum absolute atomic E-state index is 6.53. The molecule has 2 aliphatic rings. The number of hydrogen-bond acceptors (Lipinski definition) is 3. The Labute approximate surface area is 142 Å². The van der Waals surface area contributed by atoms with E-state index in [1.165, 1.54) is 5.56 Å². The molecule has 1 aromatic carbocycles. The fourth-order valence-electron chi connectivity index (χ4n) is 3.63. The standard InChI is InChI=1S/C18H22BClO3/c1-17(2)18(3,4)23-19(22-17)12-9-10-13(20)16-15(12)11-7-5-6-8-14(11)21-16/h5-8,12-13H,9-10H2,1-4H3. The van der Waals surface area contributed by atoms with Crippen molar-refractivity contribution in [1.82, 2.24) is 0 Å². The van der Waals surface area contributed by atoms with Crippen LogP contribution in [-0.2, 0) is 9.31 Å². The Kier molecular flexibility index (Phi) is 3.39. The minimum absolute atomic E-state index is 0.0731. The summed E-state index contributed by atoms with van der Waals surface area (Å²) in [6.45, 7) is 8.37. The van der Waals surface area contributed by atoms with Gasteiger partial charge in [0, 0.05) is 16.8 Å². The number of para-hydroxylation sites is 1.